The van der Waals surface area contributed by atoms with Crippen molar-refractivity contribution in [2.45, 2.75) is 26.4 Å². The average molecular weight is 118 g/mol. The van der Waals surface area contributed by atoms with Gasteiger partial charge in [0, 0.05) is 0 Å². The van der Waals surface area contributed by atoms with Gasteiger partial charge < -0.3 is 0 Å². The molecular formula is C6H15P. The van der Waals surface area contributed by atoms with Crippen LogP contribution in [0.2, 0.25) is 0 Å². The fourth-order valence-corrected chi connectivity index (χ4v) is 1.00. The van der Waals surface area contributed by atoms with E-state index in [0.29, 0.717) is 0 Å². The molecule has 0 aliphatic rings. The van der Waals surface area contributed by atoms with Crippen molar-refractivity contribution in [3.63, 3.8) is 0 Å². The Kier molecular flexibility index (Phi) is 3.65. The van der Waals surface area contributed by atoms with Crippen LogP contribution in [0, 0.1) is 5.92 Å². The zero-order valence-electron chi connectivity index (χ0n) is 5.65. The minimum atomic E-state index is 0.878. The Morgan fingerprint density at radius 3 is 1.57 bits per heavy atom. The second-order valence-electron chi connectivity index (χ2n) is 2.32. The third-order valence-electron chi connectivity index (χ3n) is 1.46. The maximum atomic E-state index is 2.31. The highest BCUT2D eigenvalue weighted by Crippen LogP contribution is 2.20. The van der Waals surface area contributed by atoms with E-state index in [4.69, 9.17) is 0 Å². The Bertz CT molecular complexity index is 41.4. The van der Waals surface area contributed by atoms with E-state index in [9.17, 15) is 0 Å². The van der Waals surface area contributed by atoms with Gasteiger partial charge in [-0.05, 0) is 18.2 Å². The molecule has 0 aromatic carbocycles. The van der Waals surface area contributed by atoms with E-state index in [-0.39, 0.29) is 0 Å². The van der Waals surface area contributed by atoms with Crippen molar-refractivity contribution < 1.29 is 0 Å². The molecule has 7 heavy (non-hydrogen) atoms. The van der Waals surface area contributed by atoms with Crippen LogP contribution in [0.1, 0.15) is 20.8 Å². The smallest absolute Gasteiger partial charge is 0.0244 e. The summed E-state index contributed by atoms with van der Waals surface area (Å²) < 4.78 is 0. The van der Waals surface area contributed by atoms with Crippen LogP contribution in [0.15, 0.2) is 0 Å². The van der Waals surface area contributed by atoms with Gasteiger partial charge in [0.1, 0.15) is 0 Å². The molecule has 0 heterocycles. The van der Waals surface area contributed by atoms with Crippen LogP contribution in [-0.2, 0) is 0 Å². The molecule has 0 aromatic heterocycles. The molecule has 0 fully saturated rings. The molecule has 0 aromatic rings. The zero-order chi connectivity index (χ0) is 5.86. The van der Waals surface area contributed by atoms with E-state index in [1.54, 1.807) is 0 Å². The molecule has 1 heteroatoms. The van der Waals surface area contributed by atoms with Crippen molar-refractivity contribution in [1.29, 1.82) is 0 Å². The highest BCUT2D eigenvalue weighted by molar-refractivity contribution is 7.37. The first-order valence-corrected chi connectivity index (χ1v) is 4.43. The minimum absolute atomic E-state index is 0.878. The first kappa shape index (κ1) is 7.43. The van der Waals surface area contributed by atoms with E-state index < -0.39 is 0 Å². The Balaban J connectivity index is 3.14. The Morgan fingerprint density at radius 2 is 1.57 bits per heavy atom. The molecular weight excluding hydrogens is 103 g/mol. The fourth-order valence-electron chi connectivity index (χ4n) is 0.333. The lowest BCUT2D eigenvalue weighted by Crippen LogP contribution is -2.01. The standard InChI is InChI=1S/C6H15P/c1-5(2)6(3)7-4/h5-7H,1-4H3. The van der Waals surface area contributed by atoms with Crippen molar-refractivity contribution in [2.24, 2.45) is 5.92 Å². The predicted molar refractivity (Wildman–Crippen MR) is 38.5 cm³/mol. The van der Waals surface area contributed by atoms with Gasteiger partial charge in [-0.1, -0.05) is 20.8 Å². The number of rotatable bonds is 2. The van der Waals surface area contributed by atoms with Gasteiger partial charge in [0.15, 0.2) is 0 Å². The van der Waals surface area contributed by atoms with Gasteiger partial charge in [0.25, 0.3) is 0 Å². The largest absolute Gasteiger partial charge is 0.122 e. The van der Waals surface area contributed by atoms with Crippen molar-refractivity contribution in [3.8, 4) is 0 Å². The third-order valence-corrected chi connectivity index (χ3v) is 3.03. The highest BCUT2D eigenvalue weighted by atomic mass is 31.1. The highest BCUT2D eigenvalue weighted by Gasteiger charge is 2.01. The lowest BCUT2D eigenvalue weighted by molar-refractivity contribution is 0.639. The zero-order valence-corrected chi connectivity index (χ0v) is 6.65. The van der Waals surface area contributed by atoms with Crippen LogP contribution in [-0.4, -0.2) is 12.3 Å². The second-order valence-corrected chi connectivity index (χ2v) is 3.81. The van der Waals surface area contributed by atoms with Crippen LogP contribution in [0.25, 0.3) is 0 Å². The molecule has 44 valence electrons. The van der Waals surface area contributed by atoms with Crippen LogP contribution < -0.4 is 0 Å². The molecule has 0 N–H and O–H groups in total. The van der Waals surface area contributed by atoms with Crippen molar-refractivity contribution in [1.82, 2.24) is 0 Å². The molecule has 0 aliphatic carbocycles. The Labute approximate surface area is 48.5 Å². The molecule has 0 radical (unpaired) electrons. The molecule has 0 saturated carbocycles. The van der Waals surface area contributed by atoms with Crippen LogP contribution in [0.4, 0.5) is 0 Å². The van der Waals surface area contributed by atoms with E-state index >= 15 is 0 Å². The Hall–Kier alpha value is 0.430. The first-order valence-electron chi connectivity index (χ1n) is 2.85. The summed E-state index contributed by atoms with van der Waals surface area (Å²) in [6, 6.07) is 0. The number of hydrogen-bond acceptors (Lipinski definition) is 0. The second kappa shape index (κ2) is 3.43. The van der Waals surface area contributed by atoms with Crippen molar-refractivity contribution in [2.75, 3.05) is 6.66 Å². The molecule has 0 rings (SSSR count). The molecule has 0 bridgehead atoms. The maximum Gasteiger partial charge on any atom is -0.0244 e. The normalized spacial score (nSPS) is 16.7. The summed E-state index contributed by atoms with van der Waals surface area (Å²) in [7, 11) is 1.11. The fraction of sp³-hybridized carbons (Fsp3) is 1.00. The van der Waals surface area contributed by atoms with Crippen LogP contribution >= 0.6 is 8.58 Å². The molecule has 0 aliphatic heterocycles. The Morgan fingerprint density at radius 1 is 1.14 bits per heavy atom. The van der Waals surface area contributed by atoms with Gasteiger partial charge in [-0.2, -0.15) is 0 Å². The minimum Gasteiger partial charge on any atom is -0.122 e. The maximum absolute atomic E-state index is 2.31. The number of hydrogen-bond donors (Lipinski definition) is 0. The van der Waals surface area contributed by atoms with Gasteiger partial charge in [-0.25, -0.2) is 0 Å². The van der Waals surface area contributed by atoms with E-state index in [1.807, 2.05) is 0 Å². The third kappa shape index (κ3) is 3.05. The van der Waals surface area contributed by atoms with Crippen molar-refractivity contribution >= 4 is 8.58 Å². The van der Waals surface area contributed by atoms with Crippen LogP contribution in [0.5, 0.6) is 0 Å². The lowest BCUT2D eigenvalue weighted by Gasteiger charge is -2.10. The summed E-state index contributed by atoms with van der Waals surface area (Å²) in [5, 5.41) is 0. The quantitative estimate of drug-likeness (QED) is 0.488. The topological polar surface area (TPSA) is 0 Å². The molecule has 2 atom stereocenters. The monoisotopic (exact) mass is 118 g/mol. The molecule has 0 amide bonds. The van der Waals surface area contributed by atoms with Gasteiger partial charge in [-0.15, -0.1) is 8.58 Å². The van der Waals surface area contributed by atoms with Gasteiger partial charge in [-0.3, -0.25) is 0 Å². The van der Waals surface area contributed by atoms with Crippen LogP contribution in [0.3, 0.4) is 0 Å². The predicted octanol–water partition coefficient (Wildman–Crippen LogP) is 2.34. The average Bonchev–Trinajstić information content (AvgIpc) is 1.65. The lowest BCUT2D eigenvalue weighted by atomic mass is 10.2. The van der Waals surface area contributed by atoms with E-state index in [2.05, 4.69) is 27.4 Å². The molecule has 2 unspecified atom stereocenters. The molecule has 0 spiro atoms. The van der Waals surface area contributed by atoms with E-state index in [1.165, 1.54) is 0 Å². The molecule has 0 nitrogen and oxygen atoms in total. The summed E-state index contributed by atoms with van der Waals surface area (Å²) in [5.41, 5.74) is 0.931. The summed E-state index contributed by atoms with van der Waals surface area (Å²) in [5.74, 6) is 0.878. The summed E-state index contributed by atoms with van der Waals surface area (Å²) in [6.45, 7) is 9.14. The van der Waals surface area contributed by atoms with Gasteiger partial charge in [0.05, 0.1) is 0 Å². The van der Waals surface area contributed by atoms with Crippen molar-refractivity contribution in [3.05, 3.63) is 0 Å². The molecule has 0 saturated heterocycles. The van der Waals surface area contributed by atoms with E-state index in [0.717, 1.165) is 20.2 Å². The van der Waals surface area contributed by atoms with Gasteiger partial charge in [0.2, 0.25) is 0 Å². The summed E-state index contributed by atoms with van der Waals surface area (Å²) in [4.78, 5) is 0. The van der Waals surface area contributed by atoms with Gasteiger partial charge >= 0.3 is 0 Å². The first-order chi connectivity index (χ1) is 3.18. The summed E-state index contributed by atoms with van der Waals surface area (Å²) >= 11 is 0. The SMILES string of the molecule is CPC(C)C(C)C. The summed E-state index contributed by atoms with van der Waals surface area (Å²) in [6.07, 6.45) is 0.